The zero-order chi connectivity index (χ0) is 23.6. The van der Waals surface area contributed by atoms with Gasteiger partial charge in [0, 0.05) is 53.6 Å². The van der Waals surface area contributed by atoms with Crippen LogP contribution in [0.3, 0.4) is 0 Å². The molecule has 0 amide bonds. The van der Waals surface area contributed by atoms with Crippen molar-refractivity contribution in [3.63, 3.8) is 0 Å². The summed E-state index contributed by atoms with van der Waals surface area (Å²) in [5.41, 5.74) is 4.53. The number of nitrogens with zero attached hydrogens (tertiary/aromatic N) is 3. The van der Waals surface area contributed by atoms with Gasteiger partial charge in [-0.1, -0.05) is 91.0 Å². The molecule has 0 fully saturated rings. The number of hydrogen-bond donors (Lipinski definition) is 1. The van der Waals surface area contributed by atoms with E-state index in [4.69, 9.17) is 9.97 Å². The van der Waals surface area contributed by atoms with Gasteiger partial charge in [0.15, 0.2) is 5.82 Å². The van der Waals surface area contributed by atoms with Crippen molar-refractivity contribution in [1.29, 1.82) is 0 Å². The summed E-state index contributed by atoms with van der Waals surface area (Å²) in [6.07, 6.45) is 4.26. The molecule has 2 aromatic heterocycles. The van der Waals surface area contributed by atoms with Crippen molar-refractivity contribution in [3.05, 3.63) is 127 Å². The van der Waals surface area contributed by atoms with Gasteiger partial charge in [-0.15, -0.1) is 0 Å². The van der Waals surface area contributed by atoms with Crippen molar-refractivity contribution in [2.45, 2.75) is 5.92 Å². The molecule has 0 atom stereocenters. The van der Waals surface area contributed by atoms with E-state index in [1.54, 1.807) is 0 Å². The van der Waals surface area contributed by atoms with E-state index in [1.807, 2.05) is 19.2 Å². The Kier molecular flexibility index (Phi) is 5.47. The summed E-state index contributed by atoms with van der Waals surface area (Å²) in [4.78, 5) is 10.0. The van der Waals surface area contributed by atoms with Crippen molar-refractivity contribution >= 4 is 27.5 Å². The third-order valence-electron chi connectivity index (χ3n) is 6.54. The number of benzene rings is 4. The van der Waals surface area contributed by atoms with Gasteiger partial charge < -0.3 is 9.88 Å². The molecule has 170 valence electrons. The Bertz CT molecular complexity index is 1560. The van der Waals surface area contributed by atoms with Crippen molar-refractivity contribution in [2.24, 2.45) is 7.05 Å². The van der Waals surface area contributed by atoms with Gasteiger partial charge in [-0.2, -0.15) is 0 Å². The van der Waals surface area contributed by atoms with E-state index in [0.717, 1.165) is 40.0 Å². The van der Waals surface area contributed by atoms with Crippen LogP contribution in [0.4, 0.5) is 5.82 Å². The molecule has 0 aliphatic heterocycles. The first-order valence-electron chi connectivity index (χ1n) is 11.9. The highest BCUT2D eigenvalue weighted by Crippen LogP contribution is 2.31. The van der Waals surface area contributed by atoms with E-state index in [0.29, 0.717) is 0 Å². The largest absolute Gasteiger partial charge is 0.368 e. The predicted molar refractivity (Wildman–Crippen MR) is 145 cm³/mol. The van der Waals surface area contributed by atoms with Gasteiger partial charge in [-0.25, -0.2) is 9.97 Å². The lowest BCUT2D eigenvalue weighted by Gasteiger charge is -2.20. The minimum Gasteiger partial charge on any atom is -0.368 e. The highest BCUT2D eigenvalue weighted by atomic mass is 15.0. The van der Waals surface area contributed by atoms with E-state index in [9.17, 15) is 0 Å². The molecule has 4 nitrogen and oxygen atoms in total. The molecule has 2 heterocycles. The smallest absolute Gasteiger partial charge is 0.162 e. The van der Waals surface area contributed by atoms with Crippen LogP contribution in [0.25, 0.3) is 33.1 Å². The van der Waals surface area contributed by atoms with Crippen LogP contribution in [0.1, 0.15) is 17.0 Å². The fourth-order valence-corrected chi connectivity index (χ4v) is 4.82. The number of rotatable bonds is 6. The Morgan fingerprint density at radius 2 is 1.37 bits per heavy atom. The van der Waals surface area contributed by atoms with Crippen molar-refractivity contribution in [2.75, 3.05) is 11.9 Å². The molecular formula is C31H26N4. The molecule has 0 spiro atoms. The number of para-hydroxylation sites is 1. The van der Waals surface area contributed by atoms with E-state index >= 15 is 0 Å². The first-order valence-corrected chi connectivity index (χ1v) is 11.9. The van der Waals surface area contributed by atoms with Crippen LogP contribution in [0.5, 0.6) is 0 Å². The predicted octanol–water partition coefficient (Wildman–Crippen LogP) is 7.03. The van der Waals surface area contributed by atoms with Gasteiger partial charge in [0.05, 0.1) is 5.52 Å². The molecule has 0 radical (unpaired) electrons. The first-order chi connectivity index (χ1) is 17.3. The molecule has 4 aromatic carbocycles. The summed E-state index contributed by atoms with van der Waals surface area (Å²) in [5, 5.41) is 7.06. The quantitative estimate of drug-likeness (QED) is 0.294. The molecule has 0 aliphatic carbocycles. The van der Waals surface area contributed by atoms with Crippen LogP contribution < -0.4 is 5.32 Å². The van der Waals surface area contributed by atoms with E-state index in [-0.39, 0.29) is 5.92 Å². The number of anilines is 1. The molecule has 1 N–H and O–H groups in total. The van der Waals surface area contributed by atoms with Crippen molar-refractivity contribution < 1.29 is 0 Å². The lowest BCUT2D eigenvalue weighted by atomic mass is 9.91. The molecule has 35 heavy (non-hydrogen) atoms. The average molecular weight is 455 g/mol. The zero-order valence-electron chi connectivity index (χ0n) is 19.6. The van der Waals surface area contributed by atoms with E-state index < -0.39 is 0 Å². The van der Waals surface area contributed by atoms with Crippen LogP contribution in [0, 0.1) is 0 Å². The fourth-order valence-electron chi connectivity index (χ4n) is 4.82. The van der Waals surface area contributed by atoms with Crippen LogP contribution in [-0.2, 0) is 7.05 Å². The van der Waals surface area contributed by atoms with Gasteiger partial charge in [-0.05, 0) is 23.3 Å². The summed E-state index contributed by atoms with van der Waals surface area (Å²) in [6.45, 7) is 0.726. The average Bonchev–Trinajstić information content (AvgIpc) is 3.30. The van der Waals surface area contributed by atoms with Gasteiger partial charge in [0.2, 0.25) is 0 Å². The van der Waals surface area contributed by atoms with Crippen molar-refractivity contribution in [1.82, 2.24) is 14.5 Å². The number of aromatic nitrogens is 3. The SMILES string of the molecule is Cn1cc2cccc(-c3nc(NCC(c4ccccc4)c4ccccc4)c4ccccc4n3)c2c1. The molecule has 6 rings (SSSR count). The molecule has 0 aliphatic rings. The van der Waals surface area contributed by atoms with E-state index in [1.165, 1.54) is 16.5 Å². The summed E-state index contributed by atoms with van der Waals surface area (Å²) < 4.78 is 2.08. The molecule has 0 saturated heterocycles. The maximum absolute atomic E-state index is 5.06. The highest BCUT2D eigenvalue weighted by molar-refractivity contribution is 5.97. The lowest BCUT2D eigenvalue weighted by Crippen LogP contribution is -2.15. The summed E-state index contributed by atoms with van der Waals surface area (Å²) in [5.74, 6) is 1.79. The second-order valence-corrected chi connectivity index (χ2v) is 8.90. The van der Waals surface area contributed by atoms with Crippen LogP contribution in [0.15, 0.2) is 116 Å². The van der Waals surface area contributed by atoms with Gasteiger partial charge >= 0.3 is 0 Å². The van der Waals surface area contributed by atoms with Crippen molar-refractivity contribution in [3.8, 4) is 11.4 Å². The first kappa shape index (κ1) is 21.1. The van der Waals surface area contributed by atoms with Crippen LogP contribution in [0.2, 0.25) is 0 Å². The Labute approximate surface area is 204 Å². The van der Waals surface area contributed by atoms with Gasteiger partial charge in [-0.3, -0.25) is 0 Å². The second kappa shape index (κ2) is 9.07. The van der Waals surface area contributed by atoms with Gasteiger partial charge in [0.25, 0.3) is 0 Å². The Morgan fingerprint density at radius 3 is 2.11 bits per heavy atom. The Morgan fingerprint density at radius 1 is 0.686 bits per heavy atom. The number of hydrogen-bond acceptors (Lipinski definition) is 3. The third kappa shape index (κ3) is 4.15. The Hall–Kier alpha value is -4.44. The fraction of sp³-hybridized carbons (Fsp3) is 0.0968. The number of nitrogens with one attached hydrogen (secondary N) is 1. The molecule has 0 bridgehead atoms. The van der Waals surface area contributed by atoms with Crippen LogP contribution in [-0.4, -0.2) is 21.1 Å². The maximum atomic E-state index is 5.06. The Balaban J connectivity index is 1.43. The topological polar surface area (TPSA) is 42.7 Å². The molecule has 0 unspecified atom stereocenters. The van der Waals surface area contributed by atoms with Crippen LogP contribution >= 0.6 is 0 Å². The minimum atomic E-state index is 0.201. The minimum absolute atomic E-state index is 0.201. The normalized spacial score (nSPS) is 11.4. The zero-order valence-corrected chi connectivity index (χ0v) is 19.6. The molecule has 6 aromatic rings. The molecular weight excluding hydrogens is 428 g/mol. The molecule has 0 saturated carbocycles. The monoisotopic (exact) mass is 454 g/mol. The maximum Gasteiger partial charge on any atom is 0.162 e. The second-order valence-electron chi connectivity index (χ2n) is 8.90. The lowest BCUT2D eigenvalue weighted by molar-refractivity contribution is 0.849. The summed E-state index contributed by atoms with van der Waals surface area (Å²) >= 11 is 0. The summed E-state index contributed by atoms with van der Waals surface area (Å²) in [7, 11) is 2.05. The van der Waals surface area contributed by atoms with Gasteiger partial charge in [0.1, 0.15) is 5.82 Å². The number of fused-ring (bicyclic) bond motifs is 2. The molecule has 4 heteroatoms. The number of aryl methyl sites for hydroxylation is 1. The van der Waals surface area contributed by atoms with E-state index in [2.05, 4.69) is 113 Å². The standard InChI is InChI=1S/C31H26N4/c1-35-20-24-15-10-17-25(28(24)21-35)31-33-29-18-9-8-16-26(29)30(34-31)32-19-27(22-11-4-2-5-12-22)23-13-6-3-7-14-23/h2-18,20-21,27H,19H2,1H3,(H,32,33,34). The summed E-state index contributed by atoms with van der Waals surface area (Å²) in [6, 6.07) is 35.8. The highest BCUT2D eigenvalue weighted by Gasteiger charge is 2.17. The third-order valence-corrected chi connectivity index (χ3v) is 6.54.